The molecule has 0 spiro atoms. The number of nitrogens with zero attached hydrogens (tertiary/aromatic N) is 3. The van der Waals surface area contributed by atoms with Crippen LogP contribution < -0.4 is 5.32 Å². The predicted octanol–water partition coefficient (Wildman–Crippen LogP) is 4.40. The monoisotopic (exact) mass is 416 g/mol. The Hall–Kier alpha value is -2.42. The summed E-state index contributed by atoms with van der Waals surface area (Å²) >= 11 is 1.36. The number of anilines is 2. The molecular weight excluding hydrogens is 394 g/mol. The maximum absolute atomic E-state index is 13.5. The number of aliphatic hydroxyl groups excluding tert-OH is 1. The van der Waals surface area contributed by atoms with Crippen molar-refractivity contribution >= 4 is 22.3 Å². The van der Waals surface area contributed by atoms with E-state index in [1.165, 1.54) is 29.0 Å². The van der Waals surface area contributed by atoms with Crippen molar-refractivity contribution in [3.05, 3.63) is 59.9 Å². The zero-order chi connectivity index (χ0) is 20.2. The van der Waals surface area contributed by atoms with E-state index in [0.29, 0.717) is 22.4 Å². The Balaban J connectivity index is 1.43. The van der Waals surface area contributed by atoms with E-state index >= 15 is 0 Å². The first-order chi connectivity index (χ1) is 14.1. The van der Waals surface area contributed by atoms with Crippen molar-refractivity contribution < 1.29 is 13.9 Å². The maximum atomic E-state index is 13.5. The third kappa shape index (κ3) is 4.77. The fraction of sp³-hybridized carbons (Fsp3) is 0.333. The highest BCUT2D eigenvalue weighted by molar-refractivity contribution is 7.18. The van der Waals surface area contributed by atoms with Gasteiger partial charge < -0.3 is 15.3 Å². The molecule has 8 heteroatoms. The van der Waals surface area contributed by atoms with Crippen LogP contribution in [0.5, 0.6) is 0 Å². The second kappa shape index (κ2) is 8.94. The number of halogens is 2. The Labute approximate surface area is 172 Å². The highest BCUT2D eigenvalue weighted by Crippen LogP contribution is 2.33. The number of aliphatic hydroxyl groups is 1. The van der Waals surface area contributed by atoms with E-state index in [4.69, 9.17) is 5.11 Å². The molecular formula is C21H22F2N4OS. The summed E-state index contributed by atoms with van der Waals surface area (Å²) in [6, 6.07) is 7.93. The van der Waals surface area contributed by atoms with Gasteiger partial charge in [-0.15, -0.1) is 0 Å². The van der Waals surface area contributed by atoms with E-state index in [2.05, 4.69) is 20.2 Å². The molecule has 0 amide bonds. The minimum atomic E-state index is -0.871. The summed E-state index contributed by atoms with van der Waals surface area (Å²) in [6.45, 7) is 2.91. The molecule has 4 rings (SSSR count). The van der Waals surface area contributed by atoms with Crippen molar-refractivity contribution in [3.8, 4) is 10.4 Å². The molecule has 2 aromatic heterocycles. The van der Waals surface area contributed by atoms with Crippen molar-refractivity contribution in [3.63, 3.8) is 0 Å². The molecule has 2 N–H and O–H groups in total. The summed E-state index contributed by atoms with van der Waals surface area (Å²) in [5.41, 5.74) is 1.83. The third-order valence-electron chi connectivity index (χ3n) is 5.20. The van der Waals surface area contributed by atoms with Crippen molar-refractivity contribution in [1.29, 1.82) is 0 Å². The molecule has 3 heterocycles. The van der Waals surface area contributed by atoms with Crippen LogP contribution >= 0.6 is 11.3 Å². The number of thiazole rings is 1. The third-order valence-corrected chi connectivity index (χ3v) is 6.17. The average molecular weight is 416 g/mol. The minimum absolute atomic E-state index is 0.203. The molecule has 1 aromatic carbocycles. The molecule has 0 atom stereocenters. The summed E-state index contributed by atoms with van der Waals surface area (Å²) in [5.74, 6) is -0.543. The van der Waals surface area contributed by atoms with E-state index in [0.717, 1.165) is 43.4 Å². The molecule has 0 unspecified atom stereocenters. The fourth-order valence-electron chi connectivity index (χ4n) is 3.62. The van der Waals surface area contributed by atoms with Gasteiger partial charge in [-0.3, -0.25) is 0 Å². The van der Waals surface area contributed by atoms with Crippen LogP contribution in [0.25, 0.3) is 10.4 Å². The van der Waals surface area contributed by atoms with Gasteiger partial charge in [0.2, 0.25) is 0 Å². The minimum Gasteiger partial charge on any atom is -0.395 e. The van der Waals surface area contributed by atoms with E-state index in [1.807, 2.05) is 12.1 Å². The van der Waals surface area contributed by atoms with Crippen LogP contribution in [0.1, 0.15) is 24.3 Å². The van der Waals surface area contributed by atoms with E-state index in [1.54, 1.807) is 12.4 Å². The molecule has 0 aliphatic carbocycles. The second-order valence-electron chi connectivity index (χ2n) is 7.10. The molecule has 0 bridgehead atoms. The van der Waals surface area contributed by atoms with Gasteiger partial charge in [-0.25, -0.2) is 18.7 Å². The van der Waals surface area contributed by atoms with Crippen molar-refractivity contribution in [2.75, 3.05) is 31.6 Å². The number of rotatable bonds is 6. The number of aromatic nitrogens is 2. The quantitative estimate of drug-likeness (QED) is 0.624. The number of pyridine rings is 1. The van der Waals surface area contributed by atoms with Crippen LogP contribution in [0.2, 0.25) is 0 Å². The SMILES string of the molecule is OCCN1CCC(c2ccnc(Nc3ncc(-c4ccc(F)c(F)c4)s3)c2)CC1. The highest BCUT2D eigenvalue weighted by atomic mass is 32.1. The lowest BCUT2D eigenvalue weighted by atomic mass is 9.90. The number of benzene rings is 1. The number of nitrogens with one attached hydrogen (secondary N) is 1. The number of β-amino-alcohol motifs (C(OH)–C–C–N with tert-alkyl or cyclic N) is 1. The zero-order valence-corrected chi connectivity index (χ0v) is 16.6. The molecule has 1 saturated heterocycles. The highest BCUT2D eigenvalue weighted by Gasteiger charge is 2.20. The fourth-order valence-corrected chi connectivity index (χ4v) is 4.44. The van der Waals surface area contributed by atoms with Crippen LogP contribution in [0.3, 0.4) is 0 Å². The van der Waals surface area contributed by atoms with Crippen LogP contribution in [0.4, 0.5) is 19.7 Å². The molecule has 152 valence electrons. The van der Waals surface area contributed by atoms with Crippen LogP contribution in [-0.4, -0.2) is 46.2 Å². The van der Waals surface area contributed by atoms with Crippen molar-refractivity contribution in [2.24, 2.45) is 0 Å². The molecule has 0 radical (unpaired) electrons. The molecule has 1 aliphatic heterocycles. The Morgan fingerprint density at radius 1 is 1.10 bits per heavy atom. The summed E-state index contributed by atoms with van der Waals surface area (Å²) < 4.78 is 26.6. The predicted molar refractivity (Wildman–Crippen MR) is 110 cm³/mol. The number of likely N-dealkylation sites (tertiary alicyclic amines) is 1. The first-order valence-electron chi connectivity index (χ1n) is 9.60. The van der Waals surface area contributed by atoms with Gasteiger partial charge in [0.1, 0.15) is 5.82 Å². The number of piperidine rings is 1. The molecule has 0 saturated carbocycles. The molecule has 5 nitrogen and oxygen atoms in total. The zero-order valence-electron chi connectivity index (χ0n) is 15.8. The Morgan fingerprint density at radius 3 is 2.69 bits per heavy atom. The molecule has 1 aliphatic rings. The van der Waals surface area contributed by atoms with Gasteiger partial charge in [-0.05, 0) is 67.2 Å². The average Bonchev–Trinajstić information content (AvgIpc) is 3.19. The first kappa shape index (κ1) is 19.9. The lowest BCUT2D eigenvalue weighted by molar-refractivity contribution is 0.164. The topological polar surface area (TPSA) is 61.3 Å². The van der Waals surface area contributed by atoms with Gasteiger partial charge in [-0.2, -0.15) is 0 Å². The van der Waals surface area contributed by atoms with Gasteiger partial charge in [0.25, 0.3) is 0 Å². The summed E-state index contributed by atoms with van der Waals surface area (Å²) in [6.07, 6.45) is 5.55. The standard InChI is InChI=1S/C21H22F2N4OS/c22-17-2-1-16(11-18(17)23)19-13-25-21(29-19)26-20-12-15(3-6-24-20)14-4-7-27(8-5-14)9-10-28/h1-3,6,11-14,28H,4-5,7-10H2,(H,24,25,26). The van der Waals surface area contributed by atoms with Crippen LogP contribution in [0.15, 0.2) is 42.7 Å². The summed E-state index contributed by atoms with van der Waals surface area (Å²) in [4.78, 5) is 11.8. The molecule has 29 heavy (non-hydrogen) atoms. The van der Waals surface area contributed by atoms with Crippen LogP contribution in [-0.2, 0) is 0 Å². The lowest BCUT2D eigenvalue weighted by Crippen LogP contribution is -2.34. The van der Waals surface area contributed by atoms with Crippen LogP contribution in [0, 0.1) is 11.6 Å². The van der Waals surface area contributed by atoms with Gasteiger partial charge in [-0.1, -0.05) is 17.4 Å². The number of hydrogen-bond acceptors (Lipinski definition) is 6. The second-order valence-corrected chi connectivity index (χ2v) is 8.13. The van der Waals surface area contributed by atoms with E-state index in [-0.39, 0.29) is 6.61 Å². The lowest BCUT2D eigenvalue weighted by Gasteiger charge is -2.31. The van der Waals surface area contributed by atoms with E-state index in [9.17, 15) is 8.78 Å². The van der Waals surface area contributed by atoms with Gasteiger partial charge in [0.15, 0.2) is 16.8 Å². The Bertz CT molecular complexity index is 973. The largest absolute Gasteiger partial charge is 0.395 e. The first-order valence-corrected chi connectivity index (χ1v) is 10.4. The molecule has 1 fully saturated rings. The normalized spacial score (nSPS) is 15.6. The smallest absolute Gasteiger partial charge is 0.188 e. The summed E-state index contributed by atoms with van der Waals surface area (Å²) in [7, 11) is 0. The van der Waals surface area contributed by atoms with Gasteiger partial charge in [0, 0.05) is 18.9 Å². The van der Waals surface area contributed by atoms with Crippen molar-refractivity contribution in [1.82, 2.24) is 14.9 Å². The maximum Gasteiger partial charge on any atom is 0.188 e. The Kier molecular flexibility index (Phi) is 6.13. The van der Waals surface area contributed by atoms with Gasteiger partial charge >= 0.3 is 0 Å². The summed E-state index contributed by atoms with van der Waals surface area (Å²) in [5, 5.41) is 12.9. The molecule has 3 aromatic rings. The van der Waals surface area contributed by atoms with Gasteiger partial charge in [0.05, 0.1) is 11.5 Å². The Morgan fingerprint density at radius 2 is 1.93 bits per heavy atom. The van der Waals surface area contributed by atoms with Crippen molar-refractivity contribution in [2.45, 2.75) is 18.8 Å². The number of hydrogen-bond donors (Lipinski definition) is 2. The van der Waals surface area contributed by atoms with E-state index < -0.39 is 11.6 Å².